The summed E-state index contributed by atoms with van der Waals surface area (Å²) in [5, 5.41) is 12.5. The Hall–Kier alpha value is -9.33. The number of fused-ring (bicyclic) bond motifs is 1. The number of hydrogen-bond acceptors (Lipinski definition) is 18. The van der Waals surface area contributed by atoms with Crippen LogP contribution >= 0.6 is 0 Å². The number of primary amides is 1. The van der Waals surface area contributed by atoms with Gasteiger partial charge in [-0.05, 0) is 192 Å². The lowest BCUT2D eigenvalue weighted by Crippen LogP contribution is -2.49. The minimum absolute atomic E-state index is 0. The Balaban J connectivity index is 0.0000167. The molecule has 24 heteroatoms. The maximum Gasteiger partial charge on any atom is 0.255 e. The number of Topliss-reactive ketones (excluding diaryl/α,β-unsaturated/α-hetero) is 4. The number of rotatable bonds is 43. The predicted octanol–water partition coefficient (Wildman–Crippen LogP) is 5.35. The van der Waals surface area contributed by atoms with Crippen molar-refractivity contribution in [1.29, 1.82) is 0 Å². The van der Waals surface area contributed by atoms with E-state index in [2.05, 4.69) is 26.3 Å². The summed E-state index contributed by atoms with van der Waals surface area (Å²) in [6.45, 7) is 1.44. The van der Waals surface area contributed by atoms with Gasteiger partial charge in [0, 0.05) is 42.8 Å². The molecule has 0 radical (unpaired) electrons. The Kier molecular flexibility index (Phi) is 31.8. The number of para-hydroxylation sites is 1. The standard InChI is InChI=1S/C71H93N11O13.CH4/c1-92-63-25-21-43(33-49(63)67(77)87)37-59(83)55(17-7-11-29-72)79-68(88)50-34-44(22-26-64(50)93-2)38-60(84)56(18-8-12-30-73)80-69(89)51-35-45(23-27-65(51)94-3)39-61(85)57(19-9-13-31-74)81-70(90)52-36-46(24-28-66(52)95-4)40-62(86)58(20-10-14-32-75)82-71(91)53(76)41-47-42-78-54-16-6-5-15-48(47)54;/h5-6,15-16,21-28,33-36,42,53,55-58,78H,7-14,17-20,29-32,37-41,72-76H2,1-4H3,(H2,77,87)(H,79,88)(H,80,89)(H,81,90)(H,82,91);1H4/t53-,55-,56-,57-,58-;/m0./s1. The number of nitrogens with one attached hydrogen (secondary N) is 5. The van der Waals surface area contributed by atoms with Crippen molar-refractivity contribution in [3.8, 4) is 23.0 Å². The van der Waals surface area contributed by atoms with E-state index in [1.54, 1.807) is 36.4 Å². The number of ether oxygens (including phenoxy) is 4. The number of carbonyl (C=O) groups is 9. The van der Waals surface area contributed by atoms with Crippen LogP contribution in [-0.4, -0.2) is 142 Å². The number of amides is 5. The Labute approximate surface area is 561 Å². The SMILES string of the molecule is C.COc1ccc(CC(=O)[C@H](CCCCN)NC(=O)c2cc(CC(=O)[C@H](CCCCN)NC(=O)c3cc(CC(=O)[C@H](CCCCN)NC(=O)c4cc(CC(=O)[C@H](CCCCN)NC(=O)[C@@H](N)Cc5c[nH]c6ccccc56)ccc4OC)ccc3OC)ccc2OC)cc1C(N)=O. The topological polar surface area (TPSA) is 411 Å². The second-order valence-corrected chi connectivity index (χ2v) is 23.5. The van der Waals surface area contributed by atoms with Crippen molar-refractivity contribution in [3.63, 3.8) is 0 Å². The molecule has 0 saturated heterocycles. The number of aromatic amines is 1. The van der Waals surface area contributed by atoms with Gasteiger partial charge in [-0.1, -0.05) is 49.9 Å². The van der Waals surface area contributed by atoms with Crippen LogP contribution in [0, 0.1) is 0 Å². The van der Waals surface area contributed by atoms with Crippen LogP contribution in [0.4, 0.5) is 0 Å². The van der Waals surface area contributed by atoms with E-state index < -0.39 is 65.5 Å². The van der Waals surface area contributed by atoms with E-state index in [0.717, 1.165) is 16.5 Å². The molecule has 0 aliphatic carbocycles. The summed E-state index contributed by atoms with van der Waals surface area (Å²) in [5.74, 6) is -3.83. The van der Waals surface area contributed by atoms with Gasteiger partial charge in [0.05, 0.1) is 80.9 Å². The van der Waals surface area contributed by atoms with Gasteiger partial charge in [-0.25, -0.2) is 0 Å². The summed E-state index contributed by atoms with van der Waals surface area (Å²) >= 11 is 0. The van der Waals surface area contributed by atoms with E-state index in [4.69, 9.17) is 53.3 Å². The van der Waals surface area contributed by atoms with Crippen molar-refractivity contribution in [2.24, 2.45) is 34.4 Å². The molecule has 0 spiro atoms. The first kappa shape index (κ1) is 77.4. The Morgan fingerprint density at radius 3 is 1.06 bits per heavy atom. The second-order valence-electron chi connectivity index (χ2n) is 23.5. The number of hydrogen-bond donors (Lipinski definition) is 11. The number of ketones is 4. The molecule has 0 unspecified atom stereocenters. The first-order valence-electron chi connectivity index (χ1n) is 32.2. The molecule has 5 amide bonds. The molecular weight excluding hydrogens is 1230 g/mol. The van der Waals surface area contributed by atoms with Gasteiger partial charge in [-0.2, -0.15) is 0 Å². The normalized spacial score (nSPS) is 12.6. The van der Waals surface area contributed by atoms with E-state index in [-0.39, 0.29) is 121 Å². The van der Waals surface area contributed by atoms with E-state index in [9.17, 15) is 43.2 Å². The third-order valence-electron chi connectivity index (χ3n) is 16.6. The van der Waals surface area contributed by atoms with Crippen LogP contribution in [0.5, 0.6) is 23.0 Å². The predicted molar refractivity (Wildman–Crippen MR) is 369 cm³/mol. The monoisotopic (exact) mass is 1320 g/mol. The average Bonchev–Trinajstić information content (AvgIpc) is 2.00. The van der Waals surface area contributed by atoms with Gasteiger partial charge >= 0.3 is 0 Å². The van der Waals surface area contributed by atoms with Crippen LogP contribution < -0.4 is 74.6 Å². The smallest absolute Gasteiger partial charge is 0.255 e. The van der Waals surface area contributed by atoms with Crippen LogP contribution in [-0.2, 0) is 56.1 Å². The fourth-order valence-electron chi connectivity index (χ4n) is 11.3. The molecule has 96 heavy (non-hydrogen) atoms. The molecule has 0 bridgehead atoms. The lowest BCUT2D eigenvalue weighted by molar-refractivity contribution is -0.128. The van der Waals surface area contributed by atoms with Crippen molar-refractivity contribution >= 4 is 63.6 Å². The largest absolute Gasteiger partial charge is 0.496 e. The summed E-state index contributed by atoms with van der Waals surface area (Å²) < 4.78 is 22.1. The van der Waals surface area contributed by atoms with Gasteiger partial charge in [0.25, 0.3) is 23.6 Å². The summed E-state index contributed by atoms with van der Waals surface area (Å²) in [5.41, 5.74) is 39.1. The van der Waals surface area contributed by atoms with Gasteiger partial charge in [-0.3, -0.25) is 43.2 Å². The van der Waals surface area contributed by atoms with E-state index in [1.807, 2.05) is 30.5 Å². The van der Waals surface area contributed by atoms with Crippen molar-refractivity contribution in [1.82, 2.24) is 26.3 Å². The Morgan fingerprint density at radius 2 is 0.740 bits per heavy atom. The lowest BCUT2D eigenvalue weighted by atomic mass is 9.95. The molecule has 0 aliphatic heterocycles. The Morgan fingerprint density at radius 1 is 0.427 bits per heavy atom. The van der Waals surface area contributed by atoms with Gasteiger partial charge in [0.1, 0.15) is 23.0 Å². The molecule has 17 N–H and O–H groups in total. The highest BCUT2D eigenvalue weighted by Crippen LogP contribution is 2.27. The van der Waals surface area contributed by atoms with Crippen LogP contribution in [0.2, 0.25) is 0 Å². The fourth-order valence-corrected chi connectivity index (χ4v) is 11.3. The van der Waals surface area contributed by atoms with E-state index >= 15 is 0 Å². The maximum atomic E-state index is 14.5. The Bertz CT molecular complexity index is 3630. The first-order chi connectivity index (χ1) is 45.8. The zero-order valence-electron chi connectivity index (χ0n) is 54.8. The third-order valence-corrected chi connectivity index (χ3v) is 16.6. The van der Waals surface area contributed by atoms with Gasteiger partial charge in [0.15, 0.2) is 23.1 Å². The average molecular weight is 1320 g/mol. The summed E-state index contributed by atoms with van der Waals surface area (Å²) in [7, 11) is 5.55. The van der Waals surface area contributed by atoms with Crippen molar-refractivity contribution < 1.29 is 62.1 Å². The van der Waals surface area contributed by atoms with E-state index in [1.165, 1.54) is 64.8 Å². The molecule has 24 nitrogen and oxygen atoms in total. The summed E-state index contributed by atoms with van der Waals surface area (Å²) in [6, 6.07) is 21.5. The number of methoxy groups -OCH3 is 4. The minimum atomic E-state index is -1.05. The third kappa shape index (κ3) is 22.4. The molecule has 1 heterocycles. The van der Waals surface area contributed by atoms with Crippen molar-refractivity contribution in [2.45, 2.75) is 147 Å². The van der Waals surface area contributed by atoms with Crippen LogP contribution in [0.15, 0.2) is 103 Å². The highest BCUT2D eigenvalue weighted by atomic mass is 16.5. The first-order valence-corrected chi connectivity index (χ1v) is 32.2. The number of nitrogens with two attached hydrogens (primary N) is 6. The number of carbonyl (C=O) groups excluding carboxylic acids is 9. The highest BCUT2D eigenvalue weighted by Gasteiger charge is 2.30. The number of benzene rings is 5. The molecule has 0 saturated carbocycles. The summed E-state index contributed by atoms with van der Waals surface area (Å²) in [6.07, 6.45) is 6.64. The molecular formula is C72H97N11O13. The summed E-state index contributed by atoms with van der Waals surface area (Å²) in [4.78, 5) is 129. The van der Waals surface area contributed by atoms with Crippen LogP contribution in [0.3, 0.4) is 0 Å². The minimum Gasteiger partial charge on any atom is -0.496 e. The maximum absolute atomic E-state index is 14.5. The second kappa shape index (κ2) is 39.5. The molecule has 0 fully saturated rings. The zero-order chi connectivity index (χ0) is 69.0. The lowest BCUT2D eigenvalue weighted by Gasteiger charge is -2.21. The number of aromatic nitrogens is 1. The van der Waals surface area contributed by atoms with Crippen molar-refractivity contribution in [3.05, 3.63) is 153 Å². The van der Waals surface area contributed by atoms with E-state index in [0.29, 0.717) is 106 Å². The quantitative estimate of drug-likeness (QED) is 0.0215. The molecule has 1 aromatic heterocycles. The molecule has 5 aromatic carbocycles. The van der Waals surface area contributed by atoms with Crippen LogP contribution in [0.25, 0.3) is 10.9 Å². The zero-order valence-corrected chi connectivity index (χ0v) is 54.8. The molecule has 6 rings (SSSR count). The number of unbranched alkanes of at least 4 members (excludes halogenated alkanes) is 4. The van der Waals surface area contributed by atoms with Gasteiger partial charge < -0.3 is 79.6 Å². The number of H-pyrrole nitrogens is 1. The van der Waals surface area contributed by atoms with Gasteiger partial charge in [-0.15, -0.1) is 0 Å². The molecule has 518 valence electrons. The molecule has 5 atom stereocenters. The molecule has 6 aromatic rings. The molecule has 0 aliphatic rings. The van der Waals surface area contributed by atoms with Crippen molar-refractivity contribution in [2.75, 3.05) is 54.6 Å². The fraction of sp³-hybridized carbons (Fsp3) is 0.431. The van der Waals surface area contributed by atoms with Crippen LogP contribution in [0.1, 0.15) is 154 Å². The highest BCUT2D eigenvalue weighted by molar-refractivity contribution is 6.04. The van der Waals surface area contributed by atoms with Gasteiger partial charge in [0.2, 0.25) is 5.91 Å².